The zero-order valence-corrected chi connectivity index (χ0v) is 21.8. The van der Waals surface area contributed by atoms with Crippen molar-refractivity contribution in [2.24, 2.45) is 46.3 Å². The quantitative estimate of drug-likeness (QED) is 0.504. The Hall–Kier alpha value is -1.59. The molecule has 4 aliphatic carbocycles. The van der Waals surface area contributed by atoms with Gasteiger partial charge in [-0.05, 0) is 106 Å². The van der Waals surface area contributed by atoms with Crippen LogP contribution in [0, 0.1) is 46.3 Å². The summed E-state index contributed by atoms with van der Waals surface area (Å²) in [6.45, 7) is 10.9. The fourth-order valence-corrected chi connectivity index (χ4v) is 9.06. The van der Waals surface area contributed by atoms with E-state index in [0.717, 1.165) is 19.3 Å². The summed E-state index contributed by atoms with van der Waals surface area (Å²) < 4.78 is 5.70. The molecule has 4 rings (SSSR count). The summed E-state index contributed by atoms with van der Waals surface area (Å²) in [5, 5.41) is 12.0. The molecule has 4 saturated carbocycles. The molecule has 1 amide bonds. The minimum Gasteiger partial charge on any atom is -0.481 e. The summed E-state index contributed by atoms with van der Waals surface area (Å²) in [7, 11) is 0. The van der Waals surface area contributed by atoms with Crippen molar-refractivity contribution in [3.8, 4) is 0 Å². The maximum atomic E-state index is 13.6. The summed E-state index contributed by atoms with van der Waals surface area (Å²) >= 11 is 0. The zero-order valence-electron chi connectivity index (χ0n) is 21.8. The van der Waals surface area contributed by atoms with Crippen molar-refractivity contribution in [2.75, 3.05) is 0 Å². The molecule has 192 valence electrons. The number of amides is 1. The van der Waals surface area contributed by atoms with Gasteiger partial charge >= 0.3 is 12.1 Å². The molecule has 0 aromatic carbocycles. The second kappa shape index (κ2) is 9.46. The van der Waals surface area contributed by atoms with Crippen molar-refractivity contribution >= 4 is 17.8 Å². The molecule has 0 heterocycles. The molecule has 0 bridgehead atoms. The van der Waals surface area contributed by atoms with Gasteiger partial charge in [-0.2, -0.15) is 0 Å². The summed E-state index contributed by atoms with van der Waals surface area (Å²) in [4.78, 5) is 36.8. The van der Waals surface area contributed by atoms with Crippen LogP contribution in [0.4, 0.5) is 4.79 Å². The second-order valence-electron chi connectivity index (χ2n) is 12.8. The Morgan fingerprint density at radius 2 is 1.74 bits per heavy atom. The van der Waals surface area contributed by atoms with Gasteiger partial charge in [-0.15, -0.1) is 0 Å². The summed E-state index contributed by atoms with van der Waals surface area (Å²) in [5.74, 6) is 2.22. The molecule has 34 heavy (non-hydrogen) atoms. The molecule has 0 saturated heterocycles. The van der Waals surface area contributed by atoms with Crippen LogP contribution in [-0.4, -0.2) is 35.1 Å². The lowest BCUT2D eigenvalue weighted by atomic mass is 9.44. The molecule has 4 aliphatic rings. The largest absolute Gasteiger partial charge is 0.481 e. The molecule has 0 spiro atoms. The van der Waals surface area contributed by atoms with Gasteiger partial charge in [0.25, 0.3) is 0 Å². The van der Waals surface area contributed by atoms with Crippen LogP contribution in [-0.2, 0) is 14.3 Å². The van der Waals surface area contributed by atoms with E-state index >= 15 is 0 Å². The molecular formula is C28H45NO5. The van der Waals surface area contributed by atoms with Crippen molar-refractivity contribution in [3.63, 3.8) is 0 Å². The van der Waals surface area contributed by atoms with Crippen LogP contribution in [0.15, 0.2) is 0 Å². The molecule has 0 unspecified atom stereocenters. The van der Waals surface area contributed by atoms with Crippen LogP contribution in [0.5, 0.6) is 0 Å². The maximum Gasteiger partial charge on any atom is 0.407 e. The molecule has 6 heteroatoms. The van der Waals surface area contributed by atoms with Gasteiger partial charge < -0.3 is 15.2 Å². The predicted octanol–water partition coefficient (Wildman–Crippen LogP) is 5.83. The fraction of sp³-hybridized carbons (Fsp3) is 0.893. The van der Waals surface area contributed by atoms with E-state index in [1.165, 1.54) is 25.7 Å². The highest BCUT2D eigenvalue weighted by Crippen LogP contribution is 2.67. The van der Waals surface area contributed by atoms with Gasteiger partial charge in [-0.1, -0.05) is 20.8 Å². The summed E-state index contributed by atoms with van der Waals surface area (Å²) in [6.07, 6.45) is 8.29. The van der Waals surface area contributed by atoms with E-state index < -0.39 is 5.97 Å². The minimum absolute atomic E-state index is 0.00270. The third kappa shape index (κ3) is 4.51. The van der Waals surface area contributed by atoms with Crippen LogP contribution in [0.3, 0.4) is 0 Å². The number of carbonyl (C=O) groups is 3. The third-order valence-corrected chi connectivity index (χ3v) is 10.7. The number of aliphatic carboxylic acids is 1. The standard InChI is InChI=1S/C28H45NO5/c1-16(2)29-26(33)34-18-10-12-28(5)22-11-13-27(4)20(17(3)6-9-25(31)32)7-8-21(27)19(22)15-24(30)23(28)14-18/h16-23H,6-15H2,1-5H3,(H,29,33)(H,31,32)/t17-,18-,19+,20-,21+,22+,23+,27-,28-/m1/s1. The van der Waals surface area contributed by atoms with Crippen molar-refractivity contribution in [1.82, 2.24) is 5.32 Å². The van der Waals surface area contributed by atoms with E-state index in [9.17, 15) is 14.4 Å². The molecule has 4 fully saturated rings. The van der Waals surface area contributed by atoms with Crippen LogP contribution in [0.1, 0.15) is 98.8 Å². The van der Waals surface area contributed by atoms with Crippen molar-refractivity contribution < 1.29 is 24.2 Å². The Morgan fingerprint density at radius 1 is 1.06 bits per heavy atom. The molecule has 0 aromatic heterocycles. The second-order valence-corrected chi connectivity index (χ2v) is 12.8. The summed E-state index contributed by atoms with van der Waals surface area (Å²) in [5.41, 5.74) is 0.223. The average molecular weight is 476 g/mol. The van der Waals surface area contributed by atoms with Crippen LogP contribution < -0.4 is 5.32 Å². The third-order valence-electron chi connectivity index (χ3n) is 10.7. The molecule has 0 aromatic rings. The normalized spacial score (nSPS) is 42.4. The topological polar surface area (TPSA) is 92.7 Å². The molecule has 0 aliphatic heterocycles. The number of carbonyl (C=O) groups excluding carboxylic acids is 2. The number of nitrogens with one attached hydrogen (secondary N) is 1. The van der Waals surface area contributed by atoms with Gasteiger partial charge in [-0.25, -0.2) is 4.79 Å². The van der Waals surface area contributed by atoms with Crippen LogP contribution in [0.2, 0.25) is 0 Å². The number of Topliss-reactive ketones (excluding diaryl/α,β-unsaturated/α-hetero) is 1. The van der Waals surface area contributed by atoms with E-state index in [1.807, 2.05) is 13.8 Å². The molecular weight excluding hydrogens is 430 g/mol. The first-order valence-electron chi connectivity index (χ1n) is 13.7. The van der Waals surface area contributed by atoms with Gasteiger partial charge in [0.15, 0.2) is 0 Å². The molecule has 2 N–H and O–H groups in total. The van der Waals surface area contributed by atoms with E-state index in [2.05, 4.69) is 26.1 Å². The van der Waals surface area contributed by atoms with Crippen molar-refractivity contribution in [1.29, 1.82) is 0 Å². The lowest BCUT2D eigenvalue weighted by Gasteiger charge is -2.60. The Balaban J connectivity index is 1.46. The lowest BCUT2D eigenvalue weighted by Crippen LogP contribution is -2.57. The predicted molar refractivity (Wildman–Crippen MR) is 130 cm³/mol. The Kier molecular flexibility index (Phi) is 7.10. The Bertz CT molecular complexity index is 811. The van der Waals surface area contributed by atoms with Gasteiger partial charge in [-0.3, -0.25) is 9.59 Å². The number of alkyl carbamates (subject to hydrolysis) is 1. The lowest BCUT2D eigenvalue weighted by molar-refractivity contribution is -0.160. The van der Waals surface area contributed by atoms with Crippen molar-refractivity contribution in [3.05, 3.63) is 0 Å². The van der Waals surface area contributed by atoms with Crippen LogP contribution in [0.25, 0.3) is 0 Å². The van der Waals surface area contributed by atoms with Crippen LogP contribution >= 0.6 is 0 Å². The SMILES string of the molecule is CC(C)NC(=O)O[C@@H]1CC[C@@]2(C)[C@@H](C1)C(=O)C[C@@H]1[C@@H]2CC[C@]2(C)[C@@H]([C@H](C)CCC(=O)O)CC[C@@H]12. The highest BCUT2D eigenvalue weighted by molar-refractivity contribution is 5.83. The first-order chi connectivity index (χ1) is 16.0. The van der Waals surface area contributed by atoms with E-state index in [1.54, 1.807) is 0 Å². The monoisotopic (exact) mass is 475 g/mol. The van der Waals surface area contributed by atoms with E-state index in [4.69, 9.17) is 9.84 Å². The highest BCUT2D eigenvalue weighted by Gasteiger charge is 2.62. The number of carboxylic acids is 1. The Morgan fingerprint density at radius 3 is 2.41 bits per heavy atom. The number of rotatable bonds is 6. The maximum absolute atomic E-state index is 13.6. The van der Waals surface area contributed by atoms with Gasteiger partial charge in [0.05, 0.1) is 0 Å². The molecule has 6 nitrogen and oxygen atoms in total. The first kappa shape index (κ1) is 25.5. The Labute approximate surface area is 205 Å². The minimum atomic E-state index is -0.701. The van der Waals surface area contributed by atoms with Gasteiger partial charge in [0.1, 0.15) is 11.9 Å². The van der Waals surface area contributed by atoms with E-state index in [-0.39, 0.29) is 41.4 Å². The number of hydrogen-bond acceptors (Lipinski definition) is 4. The van der Waals surface area contributed by atoms with Crippen molar-refractivity contribution in [2.45, 2.75) is 111 Å². The zero-order chi connectivity index (χ0) is 24.8. The first-order valence-corrected chi connectivity index (χ1v) is 13.7. The summed E-state index contributed by atoms with van der Waals surface area (Å²) in [6, 6.07) is 0.0389. The number of carboxylic acid groups (broad SMARTS) is 1. The fourth-order valence-electron chi connectivity index (χ4n) is 9.06. The van der Waals surface area contributed by atoms with Gasteiger partial charge in [0, 0.05) is 24.8 Å². The number of fused-ring (bicyclic) bond motifs is 5. The molecule has 0 radical (unpaired) electrons. The number of ether oxygens (including phenoxy) is 1. The van der Waals surface area contributed by atoms with Gasteiger partial charge in [0.2, 0.25) is 0 Å². The van der Waals surface area contributed by atoms with E-state index in [0.29, 0.717) is 48.2 Å². The number of hydrogen-bond donors (Lipinski definition) is 2. The molecule has 9 atom stereocenters. The smallest absolute Gasteiger partial charge is 0.407 e. The number of ketones is 1. The highest BCUT2D eigenvalue weighted by atomic mass is 16.6. The average Bonchev–Trinajstić information content (AvgIpc) is 3.10.